The normalized spacial score (nSPS) is 16.6. The maximum Gasteiger partial charge on any atom is 0.293 e. The van der Waals surface area contributed by atoms with Gasteiger partial charge in [0, 0.05) is 0 Å². The molecule has 0 saturated carbocycles. The fourth-order valence-corrected chi connectivity index (χ4v) is 4.30. The highest BCUT2D eigenvalue weighted by Gasteiger charge is 2.35. The van der Waals surface area contributed by atoms with E-state index in [4.69, 9.17) is 9.47 Å². The first kappa shape index (κ1) is 20.3. The molecular weight excluding hydrogens is 428 g/mol. The molecule has 0 unspecified atom stereocenters. The van der Waals surface area contributed by atoms with Crippen molar-refractivity contribution >= 4 is 29.0 Å². The summed E-state index contributed by atoms with van der Waals surface area (Å²) in [6, 6.07) is 13.4. The predicted octanol–water partition coefficient (Wildman–Crippen LogP) is 4.36. The zero-order valence-corrected chi connectivity index (χ0v) is 18.3. The van der Waals surface area contributed by atoms with E-state index in [1.165, 1.54) is 10.5 Å². The summed E-state index contributed by atoms with van der Waals surface area (Å²) in [6.45, 7) is 4.52. The summed E-state index contributed by atoms with van der Waals surface area (Å²) in [7, 11) is 0. The van der Waals surface area contributed by atoms with Crippen LogP contribution in [0.15, 0.2) is 53.6 Å². The second-order valence-corrected chi connectivity index (χ2v) is 8.77. The first-order valence-electron chi connectivity index (χ1n) is 10.1. The van der Waals surface area contributed by atoms with Crippen LogP contribution in [0.25, 0.3) is 11.8 Å². The van der Waals surface area contributed by atoms with E-state index in [9.17, 15) is 9.59 Å². The topological polar surface area (TPSA) is 86.5 Å². The van der Waals surface area contributed by atoms with Crippen LogP contribution in [0.5, 0.6) is 11.5 Å². The summed E-state index contributed by atoms with van der Waals surface area (Å²) in [6.07, 6.45) is 3.41. The third-order valence-electron chi connectivity index (χ3n) is 5.25. The molecule has 2 aliphatic rings. The van der Waals surface area contributed by atoms with Crippen LogP contribution in [0.2, 0.25) is 0 Å². The molecule has 8 nitrogen and oxygen atoms in total. The number of hydrogen-bond acceptors (Lipinski definition) is 7. The van der Waals surface area contributed by atoms with Crippen LogP contribution in [0.4, 0.5) is 4.79 Å². The molecule has 1 fully saturated rings. The largest absolute Gasteiger partial charge is 0.454 e. The smallest absolute Gasteiger partial charge is 0.293 e. The number of fused-ring (bicyclic) bond motifs is 1. The van der Waals surface area contributed by atoms with E-state index in [0.717, 1.165) is 23.0 Å². The molecular formula is C23H20N4O4S. The van der Waals surface area contributed by atoms with Crippen molar-refractivity contribution in [2.24, 2.45) is 0 Å². The Balaban J connectivity index is 1.31. The number of benzene rings is 2. The highest BCUT2D eigenvalue weighted by Crippen LogP contribution is 2.36. The van der Waals surface area contributed by atoms with Crippen molar-refractivity contribution in [3.63, 3.8) is 0 Å². The molecule has 3 aromatic rings. The summed E-state index contributed by atoms with van der Waals surface area (Å²) < 4.78 is 12.3. The Morgan fingerprint density at radius 3 is 2.66 bits per heavy atom. The lowest BCUT2D eigenvalue weighted by atomic mass is 10.0. The standard InChI is InChI=1S/C23H20N4O4S/c1-14(2)16-4-6-18(7-5-16)27-12-17(24-25-27)11-26-22(28)21(32-23(26)29)10-15-3-8-19-20(9-15)31-13-30-19/h3-10,12,14H,11,13H2,1-2H3/b21-10-. The summed E-state index contributed by atoms with van der Waals surface area (Å²) >= 11 is 0.908. The van der Waals surface area contributed by atoms with Gasteiger partial charge in [-0.3, -0.25) is 14.5 Å². The van der Waals surface area contributed by atoms with Crippen LogP contribution in [0, 0.1) is 0 Å². The first-order valence-corrected chi connectivity index (χ1v) is 11.0. The second kappa shape index (κ2) is 8.16. The molecule has 0 spiro atoms. The molecule has 0 bridgehead atoms. The number of amides is 2. The molecule has 1 saturated heterocycles. The SMILES string of the molecule is CC(C)c1ccc(-n2cc(CN3C(=O)S/C(=C\c4ccc5c(c4)OCO5)C3=O)nn2)cc1. The van der Waals surface area contributed by atoms with Crippen molar-refractivity contribution in [2.75, 3.05) is 6.79 Å². The fraction of sp³-hybridized carbons (Fsp3) is 0.217. The lowest BCUT2D eigenvalue weighted by molar-refractivity contribution is -0.123. The molecule has 3 heterocycles. The minimum atomic E-state index is -0.353. The molecule has 5 rings (SSSR count). The van der Waals surface area contributed by atoms with Gasteiger partial charge in [0.05, 0.1) is 23.3 Å². The number of imide groups is 1. The minimum absolute atomic E-state index is 0.0627. The molecule has 32 heavy (non-hydrogen) atoms. The Morgan fingerprint density at radius 2 is 1.88 bits per heavy atom. The van der Waals surface area contributed by atoms with Crippen LogP contribution >= 0.6 is 11.8 Å². The van der Waals surface area contributed by atoms with Gasteiger partial charge < -0.3 is 9.47 Å². The average molecular weight is 449 g/mol. The molecule has 0 aliphatic carbocycles. The zero-order valence-electron chi connectivity index (χ0n) is 17.5. The Morgan fingerprint density at radius 1 is 1.09 bits per heavy atom. The van der Waals surface area contributed by atoms with E-state index in [2.05, 4.69) is 36.3 Å². The number of thioether (sulfide) groups is 1. The minimum Gasteiger partial charge on any atom is -0.454 e. The molecule has 2 aliphatic heterocycles. The van der Waals surface area contributed by atoms with Gasteiger partial charge in [-0.2, -0.15) is 0 Å². The molecule has 0 atom stereocenters. The summed E-state index contributed by atoms with van der Waals surface area (Å²) in [5.74, 6) is 1.38. The van der Waals surface area contributed by atoms with Gasteiger partial charge in [-0.05, 0) is 59.1 Å². The van der Waals surface area contributed by atoms with Gasteiger partial charge in [-0.15, -0.1) is 5.10 Å². The van der Waals surface area contributed by atoms with Crippen molar-refractivity contribution in [3.8, 4) is 17.2 Å². The van der Waals surface area contributed by atoms with Crippen LogP contribution in [0.1, 0.15) is 36.6 Å². The number of rotatable bonds is 5. The summed E-state index contributed by atoms with van der Waals surface area (Å²) in [5.41, 5.74) is 3.39. The first-order chi connectivity index (χ1) is 15.5. The van der Waals surface area contributed by atoms with Gasteiger partial charge in [0.2, 0.25) is 6.79 Å². The van der Waals surface area contributed by atoms with Gasteiger partial charge in [-0.25, -0.2) is 4.68 Å². The molecule has 0 N–H and O–H groups in total. The van der Waals surface area contributed by atoms with Crippen molar-refractivity contribution in [2.45, 2.75) is 26.3 Å². The van der Waals surface area contributed by atoms with Crippen molar-refractivity contribution < 1.29 is 19.1 Å². The van der Waals surface area contributed by atoms with E-state index < -0.39 is 0 Å². The lowest BCUT2D eigenvalue weighted by Crippen LogP contribution is -2.27. The maximum atomic E-state index is 12.8. The Hall–Kier alpha value is -3.59. The Bertz CT molecular complexity index is 1230. The van der Waals surface area contributed by atoms with Crippen molar-refractivity contribution in [1.82, 2.24) is 19.9 Å². The molecule has 9 heteroatoms. The van der Waals surface area contributed by atoms with Gasteiger partial charge in [-0.1, -0.05) is 37.3 Å². The van der Waals surface area contributed by atoms with Crippen LogP contribution in [-0.2, 0) is 11.3 Å². The quantitative estimate of drug-likeness (QED) is 0.536. The number of ether oxygens (including phenoxy) is 2. The number of aromatic nitrogens is 3. The number of carbonyl (C=O) groups excluding carboxylic acids is 2. The van der Waals surface area contributed by atoms with E-state index in [0.29, 0.717) is 28.0 Å². The molecule has 2 amide bonds. The maximum absolute atomic E-state index is 12.8. The third kappa shape index (κ3) is 3.87. The Labute approximate surface area is 188 Å². The van der Waals surface area contributed by atoms with Crippen molar-refractivity contribution in [1.29, 1.82) is 0 Å². The van der Waals surface area contributed by atoms with Crippen LogP contribution in [0.3, 0.4) is 0 Å². The van der Waals surface area contributed by atoms with Gasteiger partial charge in [0.1, 0.15) is 5.69 Å². The monoisotopic (exact) mass is 448 g/mol. The van der Waals surface area contributed by atoms with Crippen molar-refractivity contribution in [3.05, 3.63) is 70.4 Å². The van der Waals surface area contributed by atoms with E-state index in [1.807, 2.05) is 18.2 Å². The molecule has 162 valence electrons. The fourth-order valence-electron chi connectivity index (χ4n) is 3.46. The number of carbonyl (C=O) groups is 2. The number of nitrogens with zero attached hydrogens (tertiary/aromatic N) is 4. The van der Waals surface area contributed by atoms with Gasteiger partial charge in [0.15, 0.2) is 11.5 Å². The van der Waals surface area contributed by atoms with Crippen LogP contribution < -0.4 is 9.47 Å². The van der Waals surface area contributed by atoms with E-state index in [-0.39, 0.29) is 24.5 Å². The highest BCUT2D eigenvalue weighted by molar-refractivity contribution is 8.18. The molecule has 0 radical (unpaired) electrons. The second-order valence-electron chi connectivity index (χ2n) is 7.78. The van der Waals surface area contributed by atoms with E-state index >= 15 is 0 Å². The average Bonchev–Trinajstić information content (AvgIpc) is 3.50. The number of hydrogen-bond donors (Lipinski definition) is 0. The lowest BCUT2D eigenvalue weighted by Gasteiger charge is -2.09. The van der Waals surface area contributed by atoms with Crippen LogP contribution in [-0.4, -0.2) is 37.8 Å². The highest BCUT2D eigenvalue weighted by atomic mass is 32.2. The molecule has 1 aromatic heterocycles. The van der Waals surface area contributed by atoms with E-state index in [1.54, 1.807) is 29.1 Å². The van der Waals surface area contributed by atoms with Gasteiger partial charge in [0.25, 0.3) is 11.1 Å². The third-order valence-corrected chi connectivity index (χ3v) is 6.16. The molecule has 2 aromatic carbocycles. The zero-order chi connectivity index (χ0) is 22.2. The van der Waals surface area contributed by atoms with Gasteiger partial charge >= 0.3 is 0 Å². The Kier molecular flexibility index (Phi) is 5.18. The predicted molar refractivity (Wildman–Crippen MR) is 120 cm³/mol. The summed E-state index contributed by atoms with van der Waals surface area (Å²) in [5, 5.41) is 7.95. The summed E-state index contributed by atoms with van der Waals surface area (Å²) in [4.78, 5) is 26.9.